The Hall–Kier alpha value is -0.810. The smallest absolute Gasteiger partial charge is 0.410 e. The predicted octanol–water partition coefficient (Wildman–Crippen LogP) is 4.35. The quantitative estimate of drug-likeness (QED) is 0.746. The Morgan fingerprint density at radius 1 is 1.08 bits per heavy atom. The Balaban J connectivity index is 1.42. The highest BCUT2D eigenvalue weighted by Crippen LogP contribution is 2.56. The summed E-state index contributed by atoms with van der Waals surface area (Å²) in [5.74, 6) is 1.20. The largest absolute Gasteiger partial charge is 0.444 e. The molecule has 2 saturated carbocycles. The van der Waals surface area contributed by atoms with Crippen LogP contribution in [-0.4, -0.2) is 48.7 Å². The summed E-state index contributed by atoms with van der Waals surface area (Å²) < 4.78 is 17.5. The van der Waals surface area contributed by atoms with Crippen LogP contribution in [-0.2, 0) is 14.2 Å². The number of nitrogens with zero attached hydrogens (tertiary/aromatic N) is 1. The number of hydrogen-bond donors (Lipinski definition) is 0. The molecule has 4 rings (SSSR count). The number of carbonyl (C=O) groups is 1. The maximum absolute atomic E-state index is 12.5. The molecule has 1 atom stereocenters. The van der Waals surface area contributed by atoms with Crippen LogP contribution in [0.15, 0.2) is 0 Å². The number of likely N-dealkylation sites (tertiary alicyclic amines) is 1. The normalized spacial score (nSPS) is 30.7. The van der Waals surface area contributed by atoms with Gasteiger partial charge in [-0.05, 0) is 63.7 Å². The molecule has 148 valence electrons. The van der Waals surface area contributed by atoms with E-state index in [-0.39, 0.29) is 11.9 Å². The van der Waals surface area contributed by atoms with E-state index in [1.807, 2.05) is 25.7 Å². The monoisotopic (exact) mass is 365 g/mol. The average molecular weight is 366 g/mol. The lowest BCUT2D eigenvalue weighted by Gasteiger charge is -2.47. The second kappa shape index (κ2) is 6.66. The van der Waals surface area contributed by atoms with E-state index in [1.165, 1.54) is 32.1 Å². The Kier molecular flexibility index (Phi) is 4.75. The zero-order valence-electron chi connectivity index (χ0n) is 16.7. The second-order valence-electron chi connectivity index (χ2n) is 10.0. The van der Waals surface area contributed by atoms with Crippen molar-refractivity contribution in [1.82, 2.24) is 4.90 Å². The molecule has 1 unspecified atom stereocenters. The van der Waals surface area contributed by atoms with E-state index in [0.29, 0.717) is 11.3 Å². The first kappa shape index (κ1) is 18.5. The predicted molar refractivity (Wildman–Crippen MR) is 98.8 cm³/mol. The molecule has 2 aliphatic heterocycles. The van der Waals surface area contributed by atoms with Crippen LogP contribution in [0.3, 0.4) is 0 Å². The molecule has 4 aliphatic rings. The van der Waals surface area contributed by atoms with Crippen molar-refractivity contribution in [3.63, 3.8) is 0 Å². The number of amides is 1. The molecule has 0 aromatic heterocycles. The lowest BCUT2D eigenvalue weighted by Crippen LogP contribution is -2.45. The molecule has 0 bridgehead atoms. The maximum Gasteiger partial charge on any atom is 0.410 e. The van der Waals surface area contributed by atoms with Gasteiger partial charge < -0.3 is 19.1 Å². The summed E-state index contributed by atoms with van der Waals surface area (Å²) in [5, 5.41) is 0. The SMILES string of the molecule is CC(C)(C)OC(=O)N1CCC(C2(CC3CC3)CCC3(CC2)OCCO3)C1. The summed E-state index contributed by atoms with van der Waals surface area (Å²) in [4.78, 5) is 14.4. The third-order valence-electron chi connectivity index (χ3n) is 6.92. The van der Waals surface area contributed by atoms with Gasteiger partial charge in [-0.1, -0.05) is 12.8 Å². The summed E-state index contributed by atoms with van der Waals surface area (Å²) in [6, 6.07) is 0. The Morgan fingerprint density at radius 3 is 2.31 bits per heavy atom. The highest BCUT2D eigenvalue weighted by atomic mass is 16.7. The maximum atomic E-state index is 12.5. The molecular formula is C21H35NO4. The molecule has 5 nitrogen and oxygen atoms in total. The van der Waals surface area contributed by atoms with E-state index in [4.69, 9.17) is 14.2 Å². The Labute approximate surface area is 157 Å². The van der Waals surface area contributed by atoms with Crippen LogP contribution < -0.4 is 0 Å². The molecule has 4 fully saturated rings. The lowest BCUT2D eigenvalue weighted by atomic mass is 9.61. The van der Waals surface area contributed by atoms with Crippen molar-refractivity contribution in [2.75, 3.05) is 26.3 Å². The molecule has 0 radical (unpaired) electrons. The van der Waals surface area contributed by atoms with E-state index in [0.717, 1.165) is 51.5 Å². The van der Waals surface area contributed by atoms with E-state index >= 15 is 0 Å². The lowest BCUT2D eigenvalue weighted by molar-refractivity contribution is -0.197. The summed E-state index contributed by atoms with van der Waals surface area (Å²) in [7, 11) is 0. The Morgan fingerprint density at radius 2 is 1.73 bits per heavy atom. The molecule has 2 aliphatic carbocycles. The van der Waals surface area contributed by atoms with Gasteiger partial charge in [-0.25, -0.2) is 4.79 Å². The van der Waals surface area contributed by atoms with Crippen molar-refractivity contribution >= 4 is 6.09 Å². The summed E-state index contributed by atoms with van der Waals surface area (Å²) >= 11 is 0. The number of rotatable bonds is 3. The molecule has 26 heavy (non-hydrogen) atoms. The van der Waals surface area contributed by atoms with Crippen molar-refractivity contribution in [2.24, 2.45) is 17.3 Å². The number of hydrogen-bond acceptors (Lipinski definition) is 4. The first-order chi connectivity index (χ1) is 12.3. The van der Waals surface area contributed by atoms with Gasteiger partial charge in [-0.15, -0.1) is 0 Å². The standard InChI is InChI=1S/C21H35NO4/c1-19(2,3)26-18(23)22-11-6-17(15-22)20(14-16-4-5-16)7-9-21(10-8-20)24-12-13-25-21/h16-17H,4-15H2,1-3H3. The van der Waals surface area contributed by atoms with Crippen LogP contribution in [0.1, 0.15) is 72.1 Å². The third-order valence-corrected chi connectivity index (χ3v) is 6.92. The molecule has 0 aromatic carbocycles. The summed E-state index contributed by atoms with van der Waals surface area (Å²) in [6.45, 7) is 9.00. The van der Waals surface area contributed by atoms with E-state index < -0.39 is 5.60 Å². The molecular weight excluding hydrogens is 330 g/mol. The van der Waals surface area contributed by atoms with Crippen LogP contribution in [0.2, 0.25) is 0 Å². The zero-order valence-corrected chi connectivity index (χ0v) is 16.7. The minimum atomic E-state index is -0.421. The van der Waals surface area contributed by atoms with Crippen molar-refractivity contribution in [2.45, 2.75) is 83.5 Å². The highest BCUT2D eigenvalue weighted by molar-refractivity contribution is 5.68. The van der Waals surface area contributed by atoms with Crippen LogP contribution in [0.5, 0.6) is 0 Å². The van der Waals surface area contributed by atoms with Crippen molar-refractivity contribution < 1.29 is 19.0 Å². The van der Waals surface area contributed by atoms with E-state index in [1.54, 1.807) is 0 Å². The number of ether oxygens (including phenoxy) is 3. The molecule has 1 amide bonds. The van der Waals surface area contributed by atoms with Gasteiger partial charge in [0.15, 0.2) is 5.79 Å². The summed E-state index contributed by atoms with van der Waals surface area (Å²) in [5.41, 5.74) is -0.0618. The fourth-order valence-electron chi connectivity index (χ4n) is 5.34. The fraction of sp³-hybridized carbons (Fsp3) is 0.952. The van der Waals surface area contributed by atoms with Crippen LogP contribution >= 0.6 is 0 Å². The molecule has 1 spiro atoms. The van der Waals surface area contributed by atoms with Gasteiger partial charge in [0.1, 0.15) is 5.60 Å². The van der Waals surface area contributed by atoms with Gasteiger partial charge in [0.2, 0.25) is 0 Å². The van der Waals surface area contributed by atoms with Crippen LogP contribution in [0.4, 0.5) is 4.79 Å². The van der Waals surface area contributed by atoms with Gasteiger partial charge in [0.25, 0.3) is 0 Å². The minimum Gasteiger partial charge on any atom is -0.444 e. The molecule has 2 saturated heterocycles. The van der Waals surface area contributed by atoms with Gasteiger partial charge in [-0.3, -0.25) is 0 Å². The molecule has 0 N–H and O–H groups in total. The topological polar surface area (TPSA) is 48.0 Å². The fourth-order valence-corrected chi connectivity index (χ4v) is 5.34. The molecule has 5 heteroatoms. The summed E-state index contributed by atoms with van der Waals surface area (Å²) in [6.07, 6.45) is 9.47. The first-order valence-electron chi connectivity index (χ1n) is 10.6. The second-order valence-corrected chi connectivity index (χ2v) is 10.0. The van der Waals surface area contributed by atoms with Crippen LogP contribution in [0, 0.1) is 17.3 Å². The van der Waals surface area contributed by atoms with Gasteiger partial charge >= 0.3 is 6.09 Å². The Bertz CT molecular complexity index is 521. The first-order valence-corrected chi connectivity index (χ1v) is 10.6. The van der Waals surface area contributed by atoms with Gasteiger partial charge in [-0.2, -0.15) is 0 Å². The third kappa shape index (κ3) is 3.89. The molecule has 2 heterocycles. The minimum absolute atomic E-state index is 0.142. The average Bonchev–Trinajstić information content (AvgIpc) is 3.08. The van der Waals surface area contributed by atoms with Crippen LogP contribution in [0.25, 0.3) is 0 Å². The highest BCUT2D eigenvalue weighted by Gasteiger charge is 2.52. The van der Waals surface area contributed by atoms with Gasteiger partial charge in [0.05, 0.1) is 13.2 Å². The zero-order chi connectivity index (χ0) is 18.4. The van der Waals surface area contributed by atoms with Gasteiger partial charge in [0, 0.05) is 25.9 Å². The number of carbonyl (C=O) groups excluding carboxylic acids is 1. The van der Waals surface area contributed by atoms with Crippen molar-refractivity contribution in [3.05, 3.63) is 0 Å². The van der Waals surface area contributed by atoms with E-state index in [9.17, 15) is 4.79 Å². The molecule has 0 aromatic rings. The van der Waals surface area contributed by atoms with E-state index in [2.05, 4.69) is 0 Å². The van der Waals surface area contributed by atoms with Crippen molar-refractivity contribution in [1.29, 1.82) is 0 Å². The van der Waals surface area contributed by atoms with Crippen molar-refractivity contribution in [3.8, 4) is 0 Å².